The predicted octanol–water partition coefficient (Wildman–Crippen LogP) is 4.03. The molecule has 0 spiro atoms. The summed E-state index contributed by atoms with van der Waals surface area (Å²) in [6, 6.07) is 16.2. The minimum atomic E-state index is 0.172. The molecule has 0 saturated heterocycles. The highest BCUT2D eigenvalue weighted by Gasteiger charge is 2.50. The maximum absolute atomic E-state index is 5.22. The summed E-state index contributed by atoms with van der Waals surface area (Å²) in [5, 5.41) is 0. The van der Waals surface area contributed by atoms with Crippen molar-refractivity contribution < 1.29 is 9.47 Å². The Kier molecular flexibility index (Phi) is 3.81. The van der Waals surface area contributed by atoms with Crippen LogP contribution in [0.5, 0.6) is 11.5 Å². The Hall–Kier alpha value is -2.40. The van der Waals surface area contributed by atoms with Gasteiger partial charge >= 0.3 is 0 Å². The summed E-state index contributed by atoms with van der Waals surface area (Å²) in [6.07, 6.45) is 1.11. The van der Waals surface area contributed by atoms with E-state index in [1.807, 2.05) is 36.4 Å². The Labute approximate surface area is 132 Å². The number of hydrogen-bond acceptors (Lipinski definition) is 2. The van der Waals surface area contributed by atoms with Crippen LogP contribution in [0.3, 0.4) is 0 Å². The van der Waals surface area contributed by atoms with Gasteiger partial charge in [-0.3, -0.25) is 0 Å². The van der Waals surface area contributed by atoms with Gasteiger partial charge in [-0.05, 0) is 48.4 Å². The third kappa shape index (κ3) is 2.80. The first kappa shape index (κ1) is 14.5. The topological polar surface area (TPSA) is 18.5 Å². The molecule has 1 aliphatic rings. The molecular weight excluding hydrogens is 272 g/mol. The van der Waals surface area contributed by atoms with Crippen LogP contribution in [0.1, 0.15) is 24.5 Å². The van der Waals surface area contributed by atoms with Crippen LogP contribution in [0.4, 0.5) is 0 Å². The molecule has 0 radical (unpaired) electrons. The Balaban J connectivity index is 1.71. The van der Waals surface area contributed by atoms with Gasteiger partial charge in [0.2, 0.25) is 0 Å². The Morgan fingerprint density at radius 3 is 2.00 bits per heavy atom. The van der Waals surface area contributed by atoms with Crippen LogP contribution in [0.15, 0.2) is 48.5 Å². The number of benzene rings is 2. The van der Waals surface area contributed by atoms with Crippen LogP contribution in [-0.2, 0) is 5.41 Å². The first-order valence-electron chi connectivity index (χ1n) is 7.46. The maximum atomic E-state index is 5.22. The Morgan fingerprint density at radius 1 is 0.909 bits per heavy atom. The molecule has 22 heavy (non-hydrogen) atoms. The van der Waals surface area contributed by atoms with Gasteiger partial charge in [0.05, 0.1) is 14.2 Å². The second-order valence-electron chi connectivity index (χ2n) is 5.90. The monoisotopic (exact) mass is 292 g/mol. The molecule has 0 N–H and O–H groups in total. The van der Waals surface area contributed by atoms with E-state index in [0.29, 0.717) is 5.92 Å². The lowest BCUT2D eigenvalue weighted by atomic mass is 9.95. The van der Waals surface area contributed by atoms with Crippen LogP contribution in [0, 0.1) is 17.8 Å². The van der Waals surface area contributed by atoms with Crippen molar-refractivity contribution in [2.45, 2.75) is 18.8 Å². The third-order valence-electron chi connectivity index (χ3n) is 4.47. The van der Waals surface area contributed by atoms with E-state index in [-0.39, 0.29) is 5.41 Å². The fourth-order valence-corrected chi connectivity index (χ4v) is 2.71. The molecule has 0 bridgehead atoms. The molecule has 1 saturated carbocycles. The summed E-state index contributed by atoms with van der Waals surface area (Å²) >= 11 is 0. The van der Waals surface area contributed by atoms with E-state index in [0.717, 1.165) is 23.5 Å². The van der Waals surface area contributed by atoms with Crippen molar-refractivity contribution >= 4 is 0 Å². The van der Waals surface area contributed by atoms with Gasteiger partial charge in [-0.2, -0.15) is 0 Å². The molecule has 0 unspecified atom stereocenters. The standard InChI is InChI=1S/C20H20O2/c1-20(16-8-12-19(22-3)13-9-16)14-17(20)7-4-15-5-10-18(21-2)11-6-15/h5-6,8-13,17H,14H2,1-3H3/t17-,20+/m1/s1. The summed E-state index contributed by atoms with van der Waals surface area (Å²) in [6.45, 7) is 2.28. The molecule has 2 nitrogen and oxygen atoms in total. The van der Waals surface area contributed by atoms with Crippen molar-refractivity contribution in [1.29, 1.82) is 0 Å². The lowest BCUT2D eigenvalue weighted by Crippen LogP contribution is -2.03. The first-order chi connectivity index (χ1) is 10.7. The minimum Gasteiger partial charge on any atom is -0.497 e. The first-order valence-corrected chi connectivity index (χ1v) is 7.46. The quantitative estimate of drug-likeness (QED) is 0.795. The third-order valence-corrected chi connectivity index (χ3v) is 4.47. The predicted molar refractivity (Wildman–Crippen MR) is 88.3 cm³/mol. The molecule has 3 rings (SSSR count). The summed E-state index contributed by atoms with van der Waals surface area (Å²) in [7, 11) is 3.36. The average Bonchev–Trinajstić information content (AvgIpc) is 3.25. The van der Waals surface area contributed by atoms with Crippen molar-refractivity contribution in [2.75, 3.05) is 14.2 Å². The summed E-state index contributed by atoms with van der Waals surface area (Å²) in [4.78, 5) is 0. The highest BCUT2D eigenvalue weighted by Crippen LogP contribution is 2.53. The molecule has 0 aromatic heterocycles. The van der Waals surface area contributed by atoms with Crippen LogP contribution < -0.4 is 9.47 Å². The van der Waals surface area contributed by atoms with Crippen LogP contribution >= 0.6 is 0 Å². The summed E-state index contributed by atoms with van der Waals surface area (Å²) in [5.74, 6) is 8.86. The van der Waals surface area contributed by atoms with Crippen molar-refractivity contribution in [1.82, 2.24) is 0 Å². The number of rotatable bonds is 3. The van der Waals surface area contributed by atoms with E-state index in [1.165, 1.54) is 5.56 Å². The molecule has 1 fully saturated rings. The molecule has 1 aliphatic carbocycles. The van der Waals surface area contributed by atoms with Crippen LogP contribution in [-0.4, -0.2) is 14.2 Å². The normalized spacial score (nSPS) is 22.4. The largest absolute Gasteiger partial charge is 0.497 e. The zero-order chi connectivity index (χ0) is 15.6. The fourth-order valence-electron chi connectivity index (χ4n) is 2.71. The van der Waals surface area contributed by atoms with Crippen molar-refractivity contribution in [3.8, 4) is 23.3 Å². The highest BCUT2D eigenvalue weighted by molar-refractivity contribution is 5.44. The average molecular weight is 292 g/mol. The van der Waals surface area contributed by atoms with Gasteiger partial charge in [0, 0.05) is 16.9 Å². The molecule has 0 heterocycles. The van der Waals surface area contributed by atoms with Crippen molar-refractivity contribution in [2.24, 2.45) is 5.92 Å². The Morgan fingerprint density at radius 2 is 1.45 bits per heavy atom. The van der Waals surface area contributed by atoms with E-state index < -0.39 is 0 Å². The van der Waals surface area contributed by atoms with Crippen LogP contribution in [0.25, 0.3) is 0 Å². The molecule has 0 aliphatic heterocycles. The fraction of sp³-hybridized carbons (Fsp3) is 0.300. The van der Waals surface area contributed by atoms with E-state index in [2.05, 4.69) is 30.9 Å². The molecule has 2 aromatic rings. The second-order valence-corrected chi connectivity index (χ2v) is 5.90. The molecule has 0 amide bonds. The van der Waals surface area contributed by atoms with Gasteiger partial charge < -0.3 is 9.47 Å². The van der Waals surface area contributed by atoms with Gasteiger partial charge in [0.1, 0.15) is 11.5 Å². The van der Waals surface area contributed by atoms with Gasteiger partial charge in [-0.25, -0.2) is 0 Å². The second kappa shape index (κ2) is 5.77. The van der Waals surface area contributed by atoms with E-state index >= 15 is 0 Å². The molecule has 2 aromatic carbocycles. The number of ether oxygens (including phenoxy) is 2. The van der Waals surface area contributed by atoms with E-state index in [9.17, 15) is 0 Å². The lowest BCUT2D eigenvalue weighted by Gasteiger charge is -2.10. The minimum absolute atomic E-state index is 0.172. The zero-order valence-corrected chi connectivity index (χ0v) is 13.2. The van der Waals surface area contributed by atoms with E-state index in [4.69, 9.17) is 9.47 Å². The van der Waals surface area contributed by atoms with Gasteiger partial charge in [0.25, 0.3) is 0 Å². The van der Waals surface area contributed by atoms with Crippen molar-refractivity contribution in [3.63, 3.8) is 0 Å². The number of hydrogen-bond donors (Lipinski definition) is 0. The number of methoxy groups -OCH3 is 2. The van der Waals surface area contributed by atoms with Gasteiger partial charge in [-0.1, -0.05) is 30.9 Å². The van der Waals surface area contributed by atoms with Gasteiger partial charge in [-0.15, -0.1) is 0 Å². The Bertz CT molecular complexity index is 704. The molecular formula is C20H20O2. The SMILES string of the molecule is COc1ccc(C#C[C@@H]2C[C@@]2(C)c2ccc(OC)cc2)cc1. The smallest absolute Gasteiger partial charge is 0.118 e. The maximum Gasteiger partial charge on any atom is 0.118 e. The summed E-state index contributed by atoms with van der Waals surface area (Å²) in [5.41, 5.74) is 2.54. The van der Waals surface area contributed by atoms with Gasteiger partial charge in [0.15, 0.2) is 0 Å². The van der Waals surface area contributed by atoms with Crippen molar-refractivity contribution in [3.05, 3.63) is 59.7 Å². The molecule has 2 atom stereocenters. The highest BCUT2D eigenvalue weighted by atomic mass is 16.5. The van der Waals surface area contributed by atoms with Crippen LogP contribution in [0.2, 0.25) is 0 Å². The lowest BCUT2D eigenvalue weighted by molar-refractivity contribution is 0.414. The zero-order valence-electron chi connectivity index (χ0n) is 13.2. The molecule has 2 heteroatoms. The van der Waals surface area contributed by atoms with E-state index in [1.54, 1.807) is 14.2 Å². The summed E-state index contributed by atoms with van der Waals surface area (Å²) < 4.78 is 10.4. The molecule has 112 valence electrons.